The summed E-state index contributed by atoms with van der Waals surface area (Å²) in [5.74, 6) is 0. The molecule has 36 heavy (non-hydrogen) atoms. The predicted molar refractivity (Wildman–Crippen MR) is 146 cm³/mol. The van der Waals surface area contributed by atoms with Crippen LogP contribution in [0.25, 0.3) is 22.3 Å². The minimum absolute atomic E-state index is 0.180. The molecule has 0 radical (unpaired) electrons. The summed E-state index contributed by atoms with van der Waals surface area (Å²) in [4.78, 5) is 9.79. The lowest BCUT2D eigenvalue weighted by Gasteiger charge is -2.30. The minimum Gasteiger partial charge on any atom is -0.252 e. The lowest BCUT2D eigenvalue weighted by molar-refractivity contribution is -0.0433. The highest BCUT2D eigenvalue weighted by Gasteiger charge is 2.51. The van der Waals surface area contributed by atoms with Gasteiger partial charge in [-0.1, -0.05) is 115 Å². The van der Waals surface area contributed by atoms with E-state index < -0.39 is 0 Å². The highest BCUT2D eigenvalue weighted by atomic mass is 16.9. The quantitative estimate of drug-likeness (QED) is 0.248. The average Bonchev–Trinajstić information content (AvgIpc) is 3.42. The van der Waals surface area contributed by atoms with E-state index in [-0.39, 0.29) is 5.41 Å². The number of anilines is 1. The van der Waals surface area contributed by atoms with Crippen molar-refractivity contribution in [1.29, 1.82) is 0 Å². The van der Waals surface area contributed by atoms with Gasteiger partial charge in [-0.05, 0) is 56.6 Å². The summed E-state index contributed by atoms with van der Waals surface area (Å²) >= 11 is 0. The third-order valence-electron chi connectivity index (χ3n) is 7.20. The second-order valence-corrected chi connectivity index (χ2v) is 8.89. The van der Waals surface area contributed by atoms with Crippen LogP contribution in [0.3, 0.4) is 0 Å². The molecule has 1 spiro atoms. The van der Waals surface area contributed by atoms with Gasteiger partial charge in [0.15, 0.2) is 0 Å². The summed E-state index contributed by atoms with van der Waals surface area (Å²) in [6.45, 7) is 0. The molecule has 0 bridgehead atoms. The normalized spacial score (nSPS) is 13.2. The number of nitrogens with zero attached hydrogens (tertiary/aromatic N) is 1. The lowest BCUT2D eigenvalue weighted by atomic mass is 9.70. The first-order valence-electron chi connectivity index (χ1n) is 12.1. The molecule has 0 heterocycles. The Balaban J connectivity index is 0.000000186. The van der Waals surface area contributed by atoms with Crippen LogP contribution in [0.2, 0.25) is 0 Å². The van der Waals surface area contributed by atoms with Gasteiger partial charge in [0.1, 0.15) is 0 Å². The van der Waals surface area contributed by atoms with E-state index in [0.717, 1.165) is 5.69 Å². The van der Waals surface area contributed by atoms with Gasteiger partial charge < -0.3 is 0 Å². The first-order valence-corrected chi connectivity index (χ1v) is 12.1. The minimum atomic E-state index is -0.180. The maximum absolute atomic E-state index is 4.90. The molecule has 0 unspecified atom stereocenters. The Morgan fingerprint density at radius 2 is 0.722 bits per heavy atom. The maximum atomic E-state index is 4.90. The van der Waals surface area contributed by atoms with Crippen LogP contribution >= 0.6 is 0 Å². The van der Waals surface area contributed by atoms with Crippen molar-refractivity contribution in [1.82, 2.24) is 0 Å². The summed E-state index contributed by atoms with van der Waals surface area (Å²) in [5, 5.41) is 1.33. The monoisotopic (exact) mass is 469 g/mol. The molecular formula is C33H27NO2. The molecule has 0 aromatic heterocycles. The second kappa shape index (κ2) is 9.12. The van der Waals surface area contributed by atoms with Gasteiger partial charge in [0.05, 0.1) is 25.3 Å². The molecule has 0 fully saturated rings. The van der Waals surface area contributed by atoms with E-state index in [0.29, 0.717) is 0 Å². The Hall–Kier alpha value is -4.18. The standard InChI is InChI=1S/C25H16.C8H11NO2/c1-5-13-21-17(9-1)18-10-2-6-14-22(18)25(21)23-15-7-3-11-19(23)20-12-4-8-16-24(20)25;1-10-9(11-2)8-6-4-3-5-7-8/h1-16H;3-7H,1-2H3. The van der Waals surface area contributed by atoms with Gasteiger partial charge in [-0.25, -0.2) is 0 Å². The number of hydrogen-bond donors (Lipinski definition) is 0. The molecule has 5 aromatic rings. The number of para-hydroxylation sites is 1. The third kappa shape index (κ3) is 3.21. The Bertz CT molecular complexity index is 1330. The van der Waals surface area contributed by atoms with Crippen LogP contribution in [0.1, 0.15) is 22.3 Å². The largest absolute Gasteiger partial charge is 0.252 e. The summed E-state index contributed by atoms with van der Waals surface area (Å²) in [6, 6.07) is 45.2. The van der Waals surface area contributed by atoms with Gasteiger partial charge in [0.25, 0.3) is 0 Å². The molecule has 176 valence electrons. The van der Waals surface area contributed by atoms with Crippen LogP contribution in [-0.2, 0) is 15.1 Å². The van der Waals surface area contributed by atoms with Crippen LogP contribution in [-0.4, -0.2) is 14.2 Å². The van der Waals surface area contributed by atoms with E-state index in [1.54, 1.807) is 14.2 Å². The van der Waals surface area contributed by atoms with Crippen molar-refractivity contribution in [2.45, 2.75) is 5.41 Å². The smallest absolute Gasteiger partial charge is 0.0947 e. The summed E-state index contributed by atoms with van der Waals surface area (Å²) in [5.41, 5.74) is 11.8. The first-order chi connectivity index (χ1) is 17.8. The van der Waals surface area contributed by atoms with E-state index >= 15 is 0 Å². The van der Waals surface area contributed by atoms with Crippen LogP contribution in [0.5, 0.6) is 0 Å². The topological polar surface area (TPSA) is 21.7 Å². The van der Waals surface area contributed by atoms with Crippen molar-refractivity contribution in [3.63, 3.8) is 0 Å². The molecular weight excluding hydrogens is 442 g/mol. The molecule has 2 aliphatic carbocycles. The molecule has 3 heteroatoms. The SMILES string of the molecule is CON(OC)c1ccccc1.c1ccc2c(c1)-c1ccccc1C21c2ccccc2-c2ccccc21. The molecule has 0 amide bonds. The van der Waals surface area contributed by atoms with Gasteiger partial charge >= 0.3 is 0 Å². The van der Waals surface area contributed by atoms with Gasteiger partial charge in [-0.2, -0.15) is 0 Å². The Kier molecular flexibility index (Phi) is 5.65. The lowest BCUT2D eigenvalue weighted by Crippen LogP contribution is -2.25. The zero-order valence-electron chi connectivity index (χ0n) is 20.4. The highest BCUT2D eigenvalue weighted by Crippen LogP contribution is 2.62. The number of benzene rings is 5. The molecule has 0 saturated heterocycles. The van der Waals surface area contributed by atoms with Crippen LogP contribution < -0.4 is 5.23 Å². The van der Waals surface area contributed by atoms with Gasteiger partial charge in [0.2, 0.25) is 0 Å². The molecule has 3 nitrogen and oxygen atoms in total. The van der Waals surface area contributed by atoms with Crippen molar-refractivity contribution in [3.8, 4) is 22.3 Å². The van der Waals surface area contributed by atoms with Crippen molar-refractivity contribution in [2.75, 3.05) is 19.4 Å². The average molecular weight is 470 g/mol. The predicted octanol–water partition coefficient (Wildman–Crippen LogP) is 7.65. The Labute approximate surface area is 212 Å². The molecule has 2 aliphatic rings. The number of rotatable bonds is 3. The fourth-order valence-corrected chi connectivity index (χ4v) is 5.89. The van der Waals surface area contributed by atoms with Crippen molar-refractivity contribution in [3.05, 3.63) is 150 Å². The Morgan fingerprint density at radius 3 is 1.06 bits per heavy atom. The third-order valence-corrected chi connectivity index (χ3v) is 7.20. The number of fused-ring (bicyclic) bond motifs is 10. The van der Waals surface area contributed by atoms with Crippen molar-refractivity contribution < 1.29 is 9.68 Å². The second-order valence-electron chi connectivity index (χ2n) is 8.89. The zero-order valence-corrected chi connectivity index (χ0v) is 20.4. The van der Waals surface area contributed by atoms with Crippen LogP contribution in [0, 0.1) is 0 Å². The van der Waals surface area contributed by atoms with Crippen LogP contribution in [0.15, 0.2) is 127 Å². The van der Waals surface area contributed by atoms with Gasteiger partial charge in [-0.15, -0.1) is 5.23 Å². The zero-order chi connectivity index (χ0) is 24.5. The maximum Gasteiger partial charge on any atom is 0.0947 e. The van der Waals surface area contributed by atoms with E-state index in [2.05, 4.69) is 97.1 Å². The summed E-state index contributed by atoms with van der Waals surface area (Å²) in [6.07, 6.45) is 0. The molecule has 0 aliphatic heterocycles. The van der Waals surface area contributed by atoms with Crippen LogP contribution in [0.4, 0.5) is 5.69 Å². The molecule has 0 N–H and O–H groups in total. The first kappa shape index (κ1) is 22.3. The van der Waals surface area contributed by atoms with Crippen molar-refractivity contribution >= 4 is 5.69 Å². The number of hydrogen-bond acceptors (Lipinski definition) is 3. The van der Waals surface area contributed by atoms with E-state index in [4.69, 9.17) is 9.68 Å². The fraction of sp³-hybridized carbons (Fsp3) is 0.0909. The van der Waals surface area contributed by atoms with E-state index in [1.165, 1.54) is 49.7 Å². The summed E-state index contributed by atoms with van der Waals surface area (Å²) < 4.78 is 0. The highest BCUT2D eigenvalue weighted by molar-refractivity contribution is 5.94. The van der Waals surface area contributed by atoms with Crippen molar-refractivity contribution in [2.24, 2.45) is 0 Å². The molecule has 0 saturated carbocycles. The Morgan fingerprint density at radius 1 is 0.417 bits per heavy atom. The van der Waals surface area contributed by atoms with Gasteiger partial charge in [0, 0.05) is 0 Å². The molecule has 0 atom stereocenters. The molecule has 5 aromatic carbocycles. The summed E-state index contributed by atoms with van der Waals surface area (Å²) in [7, 11) is 3.10. The van der Waals surface area contributed by atoms with Gasteiger partial charge in [-0.3, -0.25) is 9.68 Å². The van der Waals surface area contributed by atoms with E-state index in [9.17, 15) is 0 Å². The fourth-order valence-electron chi connectivity index (χ4n) is 5.89. The molecule has 7 rings (SSSR count). The van der Waals surface area contributed by atoms with E-state index in [1.807, 2.05) is 30.3 Å².